The summed E-state index contributed by atoms with van der Waals surface area (Å²) >= 11 is 0. The second kappa shape index (κ2) is 7.18. The Morgan fingerprint density at radius 2 is 1.60 bits per heavy atom. The average molecular weight is 168 g/mol. The van der Waals surface area contributed by atoms with E-state index in [1.165, 1.54) is 0 Å². The van der Waals surface area contributed by atoms with Crippen LogP contribution in [0.25, 0.3) is 0 Å². The zero-order valence-electron chi connectivity index (χ0n) is 6.14. The second-order valence-corrected chi connectivity index (χ2v) is 2.61. The fourth-order valence-electron chi connectivity index (χ4n) is 0.304. The van der Waals surface area contributed by atoms with Gasteiger partial charge in [-0.25, -0.2) is 0 Å². The zero-order chi connectivity index (χ0) is 7.82. The summed E-state index contributed by atoms with van der Waals surface area (Å²) in [6.07, 6.45) is 0. The van der Waals surface area contributed by atoms with Crippen LogP contribution in [0.3, 0.4) is 0 Å². The Labute approximate surface area is 61.0 Å². The van der Waals surface area contributed by atoms with Crippen molar-refractivity contribution >= 4 is 8.25 Å². The van der Waals surface area contributed by atoms with E-state index in [1.54, 1.807) is 14.1 Å². The molecule has 62 valence electrons. The second-order valence-electron chi connectivity index (χ2n) is 1.53. The number of hydrogen-bond acceptors (Lipinski definition) is 5. The molecule has 0 atom stereocenters. The topological polar surface area (TPSA) is 59.6 Å². The van der Waals surface area contributed by atoms with Crippen molar-refractivity contribution in [3.8, 4) is 0 Å². The number of rotatable bonds is 6. The Hall–Kier alpha value is 0.0700. The van der Waals surface area contributed by atoms with Crippen molar-refractivity contribution in [3.05, 3.63) is 0 Å². The molecular formula is C4H13N2O3P. The summed E-state index contributed by atoms with van der Waals surface area (Å²) in [5.74, 6) is 0. The van der Waals surface area contributed by atoms with Crippen molar-refractivity contribution in [2.24, 2.45) is 0 Å². The molecule has 5 nitrogen and oxygen atoms in total. The fraction of sp³-hybridized carbons (Fsp3) is 1.00. The lowest BCUT2D eigenvalue weighted by atomic mass is 11.2. The van der Waals surface area contributed by atoms with Gasteiger partial charge in [-0.15, -0.1) is 0 Å². The lowest BCUT2D eigenvalue weighted by molar-refractivity contribution is 0.209. The minimum absolute atomic E-state index is 0.251. The summed E-state index contributed by atoms with van der Waals surface area (Å²) in [5.41, 5.74) is 0. The minimum atomic E-state index is -2.29. The fourth-order valence-corrected chi connectivity index (χ4v) is 0.912. The maximum absolute atomic E-state index is 10.6. The molecule has 0 heterocycles. The van der Waals surface area contributed by atoms with Crippen LogP contribution < -0.4 is 10.6 Å². The van der Waals surface area contributed by atoms with Gasteiger partial charge in [0.2, 0.25) is 0 Å². The normalized spacial score (nSPS) is 10.7. The van der Waals surface area contributed by atoms with Crippen LogP contribution in [0.1, 0.15) is 0 Å². The monoisotopic (exact) mass is 168 g/mol. The molecular weight excluding hydrogens is 155 g/mol. The summed E-state index contributed by atoms with van der Waals surface area (Å²) in [5, 5.41) is 5.36. The van der Waals surface area contributed by atoms with Gasteiger partial charge in [-0.05, 0) is 14.1 Å². The quantitative estimate of drug-likeness (QED) is 0.423. The minimum Gasteiger partial charge on any atom is -0.297 e. The third kappa shape index (κ3) is 6.19. The van der Waals surface area contributed by atoms with E-state index >= 15 is 0 Å². The molecule has 0 amide bonds. The van der Waals surface area contributed by atoms with Crippen LogP contribution in [0.4, 0.5) is 0 Å². The summed E-state index contributed by atoms with van der Waals surface area (Å²) in [4.78, 5) is 0. The highest BCUT2D eigenvalue weighted by Crippen LogP contribution is 2.21. The van der Waals surface area contributed by atoms with Crippen molar-refractivity contribution in [1.29, 1.82) is 0 Å². The first-order chi connectivity index (χ1) is 4.81. The molecule has 0 radical (unpaired) electrons. The predicted molar refractivity (Wildman–Crippen MR) is 39.0 cm³/mol. The summed E-state index contributed by atoms with van der Waals surface area (Å²) in [6.45, 7) is 0.503. The van der Waals surface area contributed by atoms with Gasteiger partial charge in [-0.2, -0.15) is 0 Å². The molecule has 0 aliphatic carbocycles. The van der Waals surface area contributed by atoms with Crippen LogP contribution in [-0.4, -0.2) is 27.6 Å². The Kier molecular flexibility index (Phi) is 7.23. The lowest BCUT2D eigenvalue weighted by Gasteiger charge is -2.02. The molecule has 0 aromatic carbocycles. The van der Waals surface area contributed by atoms with Crippen LogP contribution in [0.15, 0.2) is 0 Å². The van der Waals surface area contributed by atoms with Crippen LogP contribution in [0, 0.1) is 0 Å². The van der Waals surface area contributed by atoms with E-state index in [1.807, 2.05) is 0 Å². The van der Waals surface area contributed by atoms with E-state index < -0.39 is 8.25 Å². The summed E-state index contributed by atoms with van der Waals surface area (Å²) in [7, 11) is 1.11. The summed E-state index contributed by atoms with van der Waals surface area (Å²) in [6, 6.07) is 0. The molecule has 0 rings (SSSR count). The molecule has 0 aliphatic rings. The van der Waals surface area contributed by atoms with Crippen molar-refractivity contribution in [1.82, 2.24) is 10.6 Å². The van der Waals surface area contributed by atoms with Gasteiger partial charge in [0.1, 0.15) is 13.5 Å². The van der Waals surface area contributed by atoms with E-state index in [2.05, 4.69) is 19.7 Å². The molecule has 10 heavy (non-hydrogen) atoms. The lowest BCUT2D eigenvalue weighted by Crippen LogP contribution is -2.11. The van der Waals surface area contributed by atoms with Crippen molar-refractivity contribution in [3.63, 3.8) is 0 Å². The molecule has 0 aromatic rings. The first kappa shape index (κ1) is 10.1. The molecule has 0 bridgehead atoms. The van der Waals surface area contributed by atoms with Crippen LogP contribution in [0.5, 0.6) is 0 Å². The maximum atomic E-state index is 10.6. The SMILES string of the molecule is CNCO[PH](=O)OCNC. The molecule has 0 saturated carbocycles. The Bertz CT molecular complexity index is 90.5. The van der Waals surface area contributed by atoms with Gasteiger partial charge < -0.3 is 0 Å². The maximum Gasteiger partial charge on any atom is 0.321 e. The van der Waals surface area contributed by atoms with Gasteiger partial charge in [0.05, 0.1) is 0 Å². The van der Waals surface area contributed by atoms with Crippen LogP contribution in [-0.2, 0) is 13.6 Å². The van der Waals surface area contributed by atoms with Gasteiger partial charge >= 0.3 is 8.25 Å². The molecule has 6 heteroatoms. The van der Waals surface area contributed by atoms with E-state index in [0.717, 1.165) is 0 Å². The highest BCUT2D eigenvalue weighted by Gasteiger charge is 1.94. The van der Waals surface area contributed by atoms with E-state index in [0.29, 0.717) is 0 Å². The summed E-state index contributed by atoms with van der Waals surface area (Å²) < 4.78 is 20.0. The van der Waals surface area contributed by atoms with Gasteiger partial charge in [-0.3, -0.25) is 24.2 Å². The van der Waals surface area contributed by atoms with Gasteiger partial charge in [0.25, 0.3) is 0 Å². The number of nitrogens with one attached hydrogen (secondary N) is 2. The van der Waals surface area contributed by atoms with E-state index in [-0.39, 0.29) is 13.5 Å². The van der Waals surface area contributed by atoms with Gasteiger partial charge in [-0.1, -0.05) is 0 Å². The van der Waals surface area contributed by atoms with E-state index in [9.17, 15) is 4.57 Å². The van der Waals surface area contributed by atoms with E-state index in [4.69, 9.17) is 0 Å². The molecule has 0 unspecified atom stereocenters. The first-order valence-corrected chi connectivity index (χ1v) is 4.12. The predicted octanol–water partition coefficient (Wildman–Crippen LogP) is -0.237. The molecule has 0 aliphatic heterocycles. The number of hydrogen-bond donors (Lipinski definition) is 2. The molecule has 0 aromatic heterocycles. The Morgan fingerprint density at radius 3 is 1.90 bits per heavy atom. The van der Waals surface area contributed by atoms with Crippen molar-refractivity contribution < 1.29 is 13.6 Å². The third-order valence-electron chi connectivity index (χ3n) is 0.669. The smallest absolute Gasteiger partial charge is 0.297 e. The van der Waals surface area contributed by atoms with Gasteiger partial charge in [0.15, 0.2) is 0 Å². The molecule has 0 spiro atoms. The zero-order valence-corrected chi connectivity index (χ0v) is 7.14. The highest BCUT2D eigenvalue weighted by molar-refractivity contribution is 7.33. The first-order valence-electron chi connectivity index (χ1n) is 2.90. The Balaban J connectivity index is 3.09. The Morgan fingerprint density at radius 1 is 1.20 bits per heavy atom. The molecule has 0 saturated heterocycles. The standard InChI is InChI=1S/C4H13N2O3P/c1-5-3-8-10(7)9-4-6-2/h5-6,10H,3-4H2,1-2H3. The van der Waals surface area contributed by atoms with Gasteiger partial charge in [0, 0.05) is 0 Å². The van der Waals surface area contributed by atoms with Crippen molar-refractivity contribution in [2.75, 3.05) is 27.6 Å². The molecule has 0 fully saturated rings. The highest BCUT2D eigenvalue weighted by atomic mass is 31.1. The third-order valence-corrected chi connectivity index (χ3v) is 1.43. The van der Waals surface area contributed by atoms with Crippen LogP contribution in [0.2, 0.25) is 0 Å². The molecule has 2 N–H and O–H groups in total. The van der Waals surface area contributed by atoms with Crippen molar-refractivity contribution in [2.45, 2.75) is 0 Å². The average Bonchev–Trinajstić information content (AvgIpc) is 1.97. The largest absolute Gasteiger partial charge is 0.321 e. The van der Waals surface area contributed by atoms with Crippen LogP contribution >= 0.6 is 8.25 Å².